The van der Waals surface area contributed by atoms with E-state index in [-0.39, 0.29) is 25.8 Å². The first kappa shape index (κ1) is 32.5. The van der Waals surface area contributed by atoms with E-state index in [1.807, 2.05) is 74.8 Å². The Labute approximate surface area is 277 Å². The van der Waals surface area contributed by atoms with Gasteiger partial charge in [0, 0.05) is 51.1 Å². The van der Waals surface area contributed by atoms with Crippen LogP contribution in [-0.2, 0) is 19.1 Å². The number of nitrogens with zero attached hydrogens (tertiary/aromatic N) is 3. The summed E-state index contributed by atoms with van der Waals surface area (Å²) >= 11 is 0. The van der Waals surface area contributed by atoms with Crippen molar-refractivity contribution < 1.29 is 30.0 Å². The first-order chi connectivity index (χ1) is 22.7. The van der Waals surface area contributed by atoms with Crippen molar-refractivity contribution in [3.05, 3.63) is 66.7 Å². The van der Waals surface area contributed by atoms with Crippen LogP contribution in [0.5, 0.6) is 11.5 Å². The normalized spacial score (nSPS) is 27.0. The van der Waals surface area contributed by atoms with Gasteiger partial charge in [0.05, 0.1) is 36.8 Å². The number of hydrogen-bond donors (Lipinski definition) is 1. The van der Waals surface area contributed by atoms with Crippen LogP contribution in [0.25, 0.3) is 22.2 Å². The first-order valence-corrected chi connectivity index (χ1v) is 16.6. The number of amides is 2. The SMILES string of the molecule is CCOC(=O)[C@@]12CC1/C=C\CCCCN(N(C)C)C(=O)[C@@H]1C[C@H](Oc3cc(-c4ccccc4)nc4cc(OC)ccc34)C[C@H]1C(=O)N2.[HH]. The summed E-state index contributed by atoms with van der Waals surface area (Å²) in [5.74, 6) is -0.989. The standard InChI is InChI=1S/C37H44N4O6.H2/c1-5-46-36(44)37-23-25(37)15-11-6-7-12-18-41(40(2)3)35(43)30-20-27(19-29(30)34(42)39-37)47-33-22-31(24-13-9-8-10-14-24)38-32-21-26(45-4)16-17-28(32)33;/h8-11,13-17,21-22,25,27,29-30H,5-7,12,18-20,23H2,1-4H3,(H,39,42);1H/b15-11-;/t25?,27-,29-,30-,37-;/m1./s1. The fraction of sp³-hybridized carbons (Fsp3) is 0.459. The molecular formula is C37H46N4O6. The zero-order chi connectivity index (χ0) is 33.1. The summed E-state index contributed by atoms with van der Waals surface area (Å²) in [5.41, 5.74) is 1.30. The maximum atomic E-state index is 14.2. The van der Waals surface area contributed by atoms with E-state index in [0.29, 0.717) is 42.8 Å². The fourth-order valence-corrected chi connectivity index (χ4v) is 6.99. The zero-order valence-corrected chi connectivity index (χ0v) is 27.6. The maximum Gasteiger partial charge on any atom is 0.332 e. The second-order valence-electron chi connectivity index (χ2n) is 12.9. The number of aromatic nitrogens is 1. The average Bonchev–Trinajstić information content (AvgIpc) is 3.60. The molecule has 0 bridgehead atoms. The molecule has 3 aliphatic rings. The number of carbonyl (C=O) groups is 3. The number of nitrogens with one attached hydrogen (secondary N) is 1. The molecule has 1 unspecified atom stereocenters. The van der Waals surface area contributed by atoms with Gasteiger partial charge < -0.3 is 19.5 Å². The predicted molar refractivity (Wildman–Crippen MR) is 180 cm³/mol. The van der Waals surface area contributed by atoms with Gasteiger partial charge in [0.2, 0.25) is 11.8 Å². The second-order valence-corrected chi connectivity index (χ2v) is 12.9. The lowest BCUT2D eigenvalue weighted by atomic mass is 9.93. The monoisotopic (exact) mass is 642 g/mol. The smallest absolute Gasteiger partial charge is 0.332 e. The van der Waals surface area contributed by atoms with E-state index in [4.69, 9.17) is 19.2 Å². The Morgan fingerprint density at radius 2 is 1.87 bits per heavy atom. The minimum atomic E-state index is -1.10. The van der Waals surface area contributed by atoms with Crippen molar-refractivity contribution in [2.75, 3.05) is 34.4 Å². The molecule has 10 heteroatoms. The van der Waals surface area contributed by atoms with Crippen LogP contribution in [0, 0.1) is 17.8 Å². The highest BCUT2D eigenvalue weighted by atomic mass is 16.5. The number of pyridine rings is 1. The van der Waals surface area contributed by atoms with Crippen molar-refractivity contribution >= 4 is 28.7 Å². The first-order valence-electron chi connectivity index (χ1n) is 16.6. The molecule has 2 aromatic carbocycles. The summed E-state index contributed by atoms with van der Waals surface area (Å²) in [6.45, 7) is 2.55. The molecule has 0 spiro atoms. The molecule has 2 heterocycles. The Morgan fingerprint density at radius 3 is 2.62 bits per heavy atom. The van der Waals surface area contributed by atoms with Crippen LogP contribution in [0.15, 0.2) is 66.7 Å². The van der Waals surface area contributed by atoms with Gasteiger partial charge in [0.1, 0.15) is 23.1 Å². The molecule has 2 fully saturated rings. The van der Waals surface area contributed by atoms with Crippen molar-refractivity contribution in [2.45, 2.75) is 57.1 Å². The van der Waals surface area contributed by atoms with Gasteiger partial charge in [-0.15, -0.1) is 0 Å². The summed E-state index contributed by atoms with van der Waals surface area (Å²) in [4.78, 5) is 46.5. The molecule has 2 aliphatic carbocycles. The lowest BCUT2D eigenvalue weighted by Gasteiger charge is -2.33. The lowest BCUT2D eigenvalue weighted by molar-refractivity contribution is -0.154. The van der Waals surface area contributed by atoms with Gasteiger partial charge in [-0.3, -0.25) is 14.6 Å². The Hall–Kier alpha value is -4.44. The summed E-state index contributed by atoms with van der Waals surface area (Å²) in [6, 6.07) is 17.5. The third kappa shape index (κ3) is 6.70. The number of fused-ring (bicyclic) bond motifs is 3. The van der Waals surface area contributed by atoms with Crippen molar-refractivity contribution in [3.63, 3.8) is 0 Å². The molecule has 6 rings (SSSR count). The summed E-state index contributed by atoms with van der Waals surface area (Å²) in [6.07, 6.45) is 7.40. The second kappa shape index (κ2) is 13.7. The van der Waals surface area contributed by atoms with Crippen LogP contribution in [0.1, 0.15) is 46.9 Å². The minimum Gasteiger partial charge on any atom is -0.497 e. The molecule has 250 valence electrons. The molecule has 1 aliphatic heterocycles. The molecule has 10 nitrogen and oxygen atoms in total. The summed E-state index contributed by atoms with van der Waals surface area (Å²) in [5, 5.41) is 7.43. The van der Waals surface area contributed by atoms with Gasteiger partial charge in [0.25, 0.3) is 0 Å². The Balaban J connectivity index is 0.00000451. The van der Waals surface area contributed by atoms with Crippen LogP contribution in [0.2, 0.25) is 0 Å². The third-order valence-electron chi connectivity index (χ3n) is 9.61. The third-order valence-corrected chi connectivity index (χ3v) is 9.61. The van der Waals surface area contributed by atoms with Gasteiger partial charge >= 0.3 is 5.97 Å². The van der Waals surface area contributed by atoms with Crippen molar-refractivity contribution in [3.8, 4) is 22.8 Å². The summed E-state index contributed by atoms with van der Waals surface area (Å²) in [7, 11) is 5.33. The van der Waals surface area contributed by atoms with Gasteiger partial charge in [-0.05, 0) is 57.6 Å². The van der Waals surface area contributed by atoms with Crippen LogP contribution in [0.4, 0.5) is 0 Å². The Bertz CT molecular complexity index is 1670. The highest BCUT2D eigenvalue weighted by Gasteiger charge is 2.62. The molecule has 47 heavy (non-hydrogen) atoms. The van der Waals surface area contributed by atoms with E-state index in [0.717, 1.165) is 35.9 Å². The Kier molecular flexibility index (Phi) is 9.50. The van der Waals surface area contributed by atoms with E-state index in [1.165, 1.54) is 0 Å². The Morgan fingerprint density at radius 1 is 1.09 bits per heavy atom. The molecule has 1 N–H and O–H groups in total. The molecule has 3 aromatic rings. The predicted octanol–water partition coefficient (Wildman–Crippen LogP) is 5.41. The van der Waals surface area contributed by atoms with Crippen LogP contribution >= 0.6 is 0 Å². The van der Waals surface area contributed by atoms with Gasteiger partial charge in [0.15, 0.2) is 0 Å². The maximum absolute atomic E-state index is 14.2. The van der Waals surface area contributed by atoms with Crippen LogP contribution in [-0.4, -0.2) is 78.8 Å². The number of carbonyl (C=O) groups excluding carboxylic acids is 3. The van der Waals surface area contributed by atoms with E-state index in [9.17, 15) is 14.4 Å². The highest BCUT2D eigenvalue weighted by Crippen LogP contribution is 2.47. The number of benzene rings is 2. The fourth-order valence-electron chi connectivity index (χ4n) is 6.99. The van der Waals surface area contributed by atoms with Gasteiger partial charge in [-0.2, -0.15) is 0 Å². The number of hydrogen-bond acceptors (Lipinski definition) is 8. The number of esters is 1. The quantitative estimate of drug-likeness (QED) is 0.269. The average molecular weight is 643 g/mol. The number of hydrazine groups is 1. The minimum absolute atomic E-state index is 0. The van der Waals surface area contributed by atoms with Gasteiger partial charge in [-0.25, -0.2) is 14.8 Å². The van der Waals surface area contributed by atoms with Crippen molar-refractivity contribution in [2.24, 2.45) is 17.8 Å². The lowest BCUT2D eigenvalue weighted by Crippen LogP contribution is -2.51. The molecule has 0 saturated heterocycles. The van der Waals surface area contributed by atoms with E-state index in [1.54, 1.807) is 24.1 Å². The highest BCUT2D eigenvalue weighted by molar-refractivity contribution is 5.95. The van der Waals surface area contributed by atoms with Gasteiger partial charge in [-0.1, -0.05) is 42.5 Å². The molecule has 2 saturated carbocycles. The van der Waals surface area contributed by atoms with Crippen molar-refractivity contribution in [1.82, 2.24) is 20.3 Å². The molecule has 1 aromatic heterocycles. The number of rotatable bonds is 7. The molecule has 0 radical (unpaired) electrons. The van der Waals surface area contributed by atoms with E-state index in [2.05, 4.69) is 11.4 Å². The zero-order valence-electron chi connectivity index (χ0n) is 27.6. The number of methoxy groups -OCH3 is 1. The molecule has 5 atom stereocenters. The topological polar surface area (TPSA) is 110 Å². The molecular weight excluding hydrogens is 596 g/mol. The van der Waals surface area contributed by atoms with Crippen molar-refractivity contribution in [1.29, 1.82) is 0 Å². The largest absolute Gasteiger partial charge is 0.497 e. The van der Waals surface area contributed by atoms with E-state index < -0.39 is 29.4 Å². The number of ether oxygens (including phenoxy) is 3. The summed E-state index contributed by atoms with van der Waals surface area (Å²) < 4.78 is 17.6. The number of allylic oxidation sites excluding steroid dienone is 1. The molecule has 2 amide bonds. The van der Waals surface area contributed by atoms with E-state index >= 15 is 0 Å². The van der Waals surface area contributed by atoms with Crippen LogP contribution in [0.3, 0.4) is 0 Å². The van der Waals surface area contributed by atoms with Crippen LogP contribution < -0.4 is 14.8 Å².